The van der Waals surface area contributed by atoms with Crippen LogP contribution in [0.15, 0.2) is 22.7 Å². The zero-order valence-corrected chi connectivity index (χ0v) is 14.7. The summed E-state index contributed by atoms with van der Waals surface area (Å²) in [5.41, 5.74) is 2.34. The second-order valence-corrected chi connectivity index (χ2v) is 5.96. The molecule has 1 aromatic heterocycles. The number of halogens is 1. The number of aromatic nitrogens is 3. The Balaban J connectivity index is 2.56. The zero-order chi connectivity index (χ0) is 15.4. The molecule has 1 heterocycles. The van der Waals surface area contributed by atoms with Gasteiger partial charge in [0.1, 0.15) is 5.82 Å². The smallest absolute Gasteiger partial charge is 0.151 e. The molecule has 21 heavy (non-hydrogen) atoms. The molecular formula is C16H23BrN4. The Morgan fingerprint density at radius 3 is 2.62 bits per heavy atom. The van der Waals surface area contributed by atoms with Gasteiger partial charge >= 0.3 is 0 Å². The van der Waals surface area contributed by atoms with Gasteiger partial charge in [-0.05, 0) is 31.2 Å². The molecule has 0 aliphatic carbocycles. The minimum atomic E-state index is 0.275. The SMILES string of the molecule is CCNC(C)c1ccc(Br)cc1-n1nc(CC)nc1CC. The van der Waals surface area contributed by atoms with Crippen LogP contribution in [0.3, 0.4) is 0 Å². The molecule has 1 aromatic carbocycles. The van der Waals surface area contributed by atoms with Crippen molar-refractivity contribution in [2.45, 2.75) is 46.6 Å². The van der Waals surface area contributed by atoms with Gasteiger partial charge in [-0.3, -0.25) is 0 Å². The van der Waals surface area contributed by atoms with E-state index >= 15 is 0 Å². The van der Waals surface area contributed by atoms with Crippen molar-refractivity contribution >= 4 is 15.9 Å². The summed E-state index contributed by atoms with van der Waals surface area (Å²) in [5.74, 6) is 1.91. The van der Waals surface area contributed by atoms with Gasteiger partial charge in [0, 0.05) is 23.4 Å². The van der Waals surface area contributed by atoms with E-state index in [1.54, 1.807) is 0 Å². The number of benzene rings is 1. The predicted octanol–water partition coefficient (Wildman–Crippen LogP) is 3.83. The summed E-state index contributed by atoms with van der Waals surface area (Å²) in [6, 6.07) is 6.63. The molecule has 0 fully saturated rings. The zero-order valence-electron chi connectivity index (χ0n) is 13.2. The third-order valence-corrected chi connectivity index (χ3v) is 4.04. The third-order valence-electron chi connectivity index (χ3n) is 3.55. The summed E-state index contributed by atoms with van der Waals surface area (Å²) < 4.78 is 3.05. The highest BCUT2D eigenvalue weighted by atomic mass is 79.9. The number of nitrogens with one attached hydrogen (secondary N) is 1. The summed E-state index contributed by atoms with van der Waals surface area (Å²) in [5, 5.41) is 8.14. The molecule has 1 N–H and O–H groups in total. The summed E-state index contributed by atoms with van der Waals surface area (Å²) >= 11 is 3.57. The highest BCUT2D eigenvalue weighted by Gasteiger charge is 2.16. The highest BCUT2D eigenvalue weighted by Crippen LogP contribution is 2.26. The van der Waals surface area contributed by atoms with Crippen LogP contribution in [0.5, 0.6) is 0 Å². The van der Waals surface area contributed by atoms with Crippen molar-refractivity contribution in [3.05, 3.63) is 39.9 Å². The molecule has 2 aromatic rings. The van der Waals surface area contributed by atoms with Gasteiger partial charge in [-0.1, -0.05) is 42.8 Å². The van der Waals surface area contributed by atoms with E-state index in [2.05, 4.69) is 77.2 Å². The van der Waals surface area contributed by atoms with Gasteiger partial charge in [-0.25, -0.2) is 9.67 Å². The van der Waals surface area contributed by atoms with E-state index in [4.69, 9.17) is 0 Å². The molecule has 0 saturated carbocycles. The van der Waals surface area contributed by atoms with E-state index in [1.165, 1.54) is 5.56 Å². The second-order valence-electron chi connectivity index (χ2n) is 5.05. The maximum absolute atomic E-state index is 4.67. The standard InChI is InChI=1S/C16H23BrN4/c1-5-15-19-16(6-2)21(20-15)14-10-12(17)8-9-13(14)11(4)18-7-3/h8-11,18H,5-7H2,1-4H3. The average molecular weight is 351 g/mol. The van der Waals surface area contributed by atoms with Crippen molar-refractivity contribution in [1.82, 2.24) is 20.1 Å². The van der Waals surface area contributed by atoms with Crippen molar-refractivity contribution in [2.24, 2.45) is 0 Å². The van der Waals surface area contributed by atoms with Crippen LogP contribution in [0, 0.1) is 0 Å². The van der Waals surface area contributed by atoms with E-state index in [-0.39, 0.29) is 6.04 Å². The molecular weight excluding hydrogens is 328 g/mol. The van der Waals surface area contributed by atoms with Gasteiger partial charge in [0.2, 0.25) is 0 Å². The molecule has 0 aliphatic rings. The van der Waals surface area contributed by atoms with Crippen LogP contribution in [-0.2, 0) is 12.8 Å². The summed E-state index contributed by atoms with van der Waals surface area (Å²) in [7, 11) is 0. The van der Waals surface area contributed by atoms with Gasteiger partial charge in [0.15, 0.2) is 5.82 Å². The summed E-state index contributed by atoms with van der Waals surface area (Å²) in [6.45, 7) is 9.44. The topological polar surface area (TPSA) is 42.7 Å². The third kappa shape index (κ3) is 3.52. The minimum Gasteiger partial charge on any atom is -0.310 e. The molecule has 1 unspecified atom stereocenters. The Morgan fingerprint density at radius 2 is 2.00 bits per heavy atom. The van der Waals surface area contributed by atoms with Crippen LogP contribution in [0.1, 0.15) is 50.9 Å². The average Bonchev–Trinajstić information content (AvgIpc) is 2.90. The van der Waals surface area contributed by atoms with Crippen molar-refractivity contribution in [3.63, 3.8) is 0 Å². The predicted molar refractivity (Wildman–Crippen MR) is 89.9 cm³/mol. The van der Waals surface area contributed by atoms with Gasteiger partial charge in [0.05, 0.1) is 5.69 Å². The minimum absolute atomic E-state index is 0.275. The van der Waals surface area contributed by atoms with Crippen molar-refractivity contribution in [1.29, 1.82) is 0 Å². The second kappa shape index (κ2) is 7.18. The van der Waals surface area contributed by atoms with Gasteiger partial charge in [0.25, 0.3) is 0 Å². The normalized spacial score (nSPS) is 12.6. The van der Waals surface area contributed by atoms with E-state index in [0.29, 0.717) is 0 Å². The van der Waals surface area contributed by atoms with Crippen LogP contribution >= 0.6 is 15.9 Å². The maximum Gasteiger partial charge on any atom is 0.151 e. The van der Waals surface area contributed by atoms with Crippen molar-refractivity contribution < 1.29 is 0 Å². The number of aryl methyl sites for hydroxylation is 2. The molecule has 0 amide bonds. The fourth-order valence-corrected chi connectivity index (χ4v) is 2.79. The summed E-state index contributed by atoms with van der Waals surface area (Å²) in [4.78, 5) is 4.62. The Morgan fingerprint density at radius 1 is 1.24 bits per heavy atom. The Hall–Kier alpha value is -1.20. The monoisotopic (exact) mass is 350 g/mol. The van der Waals surface area contributed by atoms with E-state index < -0.39 is 0 Å². The fourth-order valence-electron chi connectivity index (χ4n) is 2.45. The molecule has 0 saturated heterocycles. The van der Waals surface area contributed by atoms with Crippen LogP contribution in [0.4, 0.5) is 0 Å². The largest absolute Gasteiger partial charge is 0.310 e. The first-order chi connectivity index (χ1) is 10.1. The molecule has 2 rings (SSSR count). The number of hydrogen-bond acceptors (Lipinski definition) is 3. The van der Waals surface area contributed by atoms with Gasteiger partial charge in [-0.2, -0.15) is 5.10 Å². The molecule has 0 radical (unpaired) electrons. The Bertz CT molecular complexity index is 606. The molecule has 1 atom stereocenters. The lowest BCUT2D eigenvalue weighted by atomic mass is 10.1. The number of rotatable bonds is 6. The van der Waals surface area contributed by atoms with Crippen LogP contribution in [0.25, 0.3) is 5.69 Å². The first-order valence-electron chi connectivity index (χ1n) is 7.58. The first kappa shape index (κ1) is 16.2. The lowest BCUT2D eigenvalue weighted by Gasteiger charge is -2.18. The van der Waals surface area contributed by atoms with E-state index in [1.807, 2.05) is 4.68 Å². The molecule has 0 bridgehead atoms. The molecule has 5 heteroatoms. The number of hydrogen-bond donors (Lipinski definition) is 1. The fraction of sp³-hybridized carbons (Fsp3) is 0.500. The van der Waals surface area contributed by atoms with E-state index in [9.17, 15) is 0 Å². The Labute approximate surface area is 135 Å². The van der Waals surface area contributed by atoms with Crippen LogP contribution in [-0.4, -0.2) is 21.3 Å². The van der Waals surface area contributed by atoms with Crippen molar-refractivity contribution in [3.8, 4) is 5.69 Å². The molecule has 114 valence electrons. The summed E-state index contributed by atoms with van der Waals surface area (Å²) in [6.07, 6.45) is 1.72. The van der Waals surface area contributed by atoms with Gasteiger partial charge < -0.3 is 5.32 Å². The van der Waals surface area contributed by atoms with Crippen LogP contribution in [0.2, 0.25) is 0 Å². The molecule has 0 spiro atoms. The van der Waals surface area contributed by atoms with E-state index in [0.717, 1.165) is 41.2 Å². The first-order valence-corrected chi connectivity index (χ1v) is 8.37. The lowest BCUT2D eigenvalue weighted by Crippen LogP contribution is -2.20. The van der Waals surface area contributed by atoms with Crippen molar-refractivity contribution in [2.75, 3.05) is 6.54 Å². The lowest BCUT2D eigenvalue weighted by molar-refractivity contribution is 0.591. The maximum atomic E-state index is 4.67. The quantitative estimate of drug-likeness (QED) is 0.860. The van der Waals surface area contributed by atoms with Crippen LogP contribution < -0.4 is 5.32 Å². The Kier molecular flexibility index (Phi) is 5.53. The number of nitrogens with zero attached hydrogens (tertiary/aromatic N) is 3. The van der Waals surface area contributed by atoms with Gasteiger partial charge in [-0.15, -0.1) is 0 Å². The molecule has 0 aliphatic heterocycles. The molecule has 4 nitrogen and oxygen atoms in total. The highest BCUT2D eigenvalue weighted by molar-refractivity contribution is 9.10.